The molecule has 0 spiro atoms. The molecular formula is C16H15FN2O3. The number of nitrogens with two attached hydrogens (primary N) is 1. The average Bonchev–Trinajstić information content (AvgIpc) is 2.53. The Morgan fingerprint density at radius 3 is 2.86 bits per heavy atom. The molecule has 1 unspecified atom stereocenters. The molecule has 1 heterocycles. The molecule has 0 aliphatic carbocycles. The second kappa shape index (κ2) is 5.65. The zero-order valence-electron chi connectivity index (χ0n) is 11.7. The molecule has 6 heteroatoms. The number of para-hydroxylation sites is 2. The number of carboxylic acids is 1. The van der Waals surface area contributed by atoms with Crippen molar-refractivity contribution in [2.45, 2.75) is 6.10 Å². The van der Waals surface area contributed by atoms with E-state index in [0.717, 1.165) is 11.8 Å². The van der Waals surface area contributed by atoms with E-state index < -0.39 is 11.8 Å². The van der Waals surface area contributed by atoms with Crippen molar-refractivity contribution >= 4 is 17.3 Å². The quantitative estimate of drug-likeness (QED) is 0.910. The number of fused-ring (bicyclic) bond motifs is 1. The zero-order valence-corrected chi connectivity index (χ0v) is 11.7. The van der Waals surface area contributed by atoms with Crippen molar-refractivity contribution in [3.8, 4) is 5.75 Å². The third-order valence-electron chi connectivity index (χ3n) is 3.54. The van der Waals surface area contributed by atoms with Gasteiger partial charge in [-0.25, -0.2) is 9.18 Å². The highest BCUT2D eigenvalue weighted by Crippen LogP contribution is 2.38. The molecule has 22 heavy (non-hydrogen) atoms. The third-order valence-corrected chi connectivity index (χ3v) is 3.54. The molecule has 0 aromatic heterocycles. The van der Waals surface area contributed by atoms with Gasteiger partial charge in [-0.15, -0.1) is 0 Å². The van der Waals surface area contributed by atoms with Crippen LogP contribution in [-0.4, -0.2) is 30.3 Å². The molecule has 3 rings (SSSR count). The van der Waals surface area contributed by atoms with Crippen molar-refractivity contribution in [3.05, 3.63) is 53.8 Å². The van der Waals surface area contributed by atoms with Gasteiger partial charge in [-0.1, -0.05) is 12.1 Å². The van der Waals surface area contributed by atoms with Gasteiger partial charge in [0.05, 0.1) is 17.8 Å². The molecule has 1 aliphatic heterocycles. The Balaban J connectivity index is 2.09. The smallest absolute Gasteiger partial charge is 0.335 e. The maximum atomic E-state index is 13.8. The number of ether oxygens (including phenoxy) is 1. The molecule has 5 nitrogen and oxygen atoms in total. The van der Waals surface area contributed by atoms with Crippen molar-refractivity contribution in [1.29, 1.82) is 0 Å². The summed E-state index contributed by atoms with van der Waals surface area (Å²) in [6.45, 7) is 0.738. The SMILES string of the molecule is NCC1CN(c2cc(F)cc(C(=O)O)c2)c2ccccc2O1. The van der Waals surface area contributed by atoms with Crippen LogP contribution < -0.4 is 15.4 Å². The van der Waals surface area contributed by atoms with Gasteiger partial charge in [-0.3, -0.25) is 0 Å². The molecular weight excluding hydrogens is 287 g/mol. The lowest BCUT2D eigenvalue weighted by Crippen LogP contribution is -2.41. The zero-order chi connectivity index (χ0) is 15.7. The molecule has 114 valence electrons. The first-order chi connectivity index (χ1) is 10.6. The molecule has 0 saturated carbocycles. The topological polar surface area (TPSA) is 75.8 Å². The van der Waals surface area contributed by atoms with Gasteiger partial charge in [0, 0.05) is 12.2 Å². The Bertz CT molecular complexity index is 720. The Morgan fingerprint density at radius 2 is 2.14 bits per heavy atom. The second-order valence-corrected chi connectivity index (χ2v) is 5.06. The fraction of sp³-hybridized carbons (Fsp3) is 0.188. The molecule has 2 aromatic carbocycles. The maximum Gasteiger partial charge on any atom is 0.335 e. The van der Waals surface area contributed by atoms with Crippen molar-refractivity contribution in [1.82, 2.24) is 0 Å². The minimum absolute atomic E-state index is 0.0942. The van der Waals surface area contributed by atoms with Crippen LogP contribution in [0.1, 0.15) is 10.4 Å². The number of hydrogen-bond donors (Lipinski definition) is 2. The predicted octanol–water partition coefficient (Wildman–Crippen LogP) is 2.38. The summed E-state index contributed by atoms with van der Waals surface area (Å²) >= 11 is 0. The highest BCUT2D eigenvalue weighted by molar-refractivity contribution is 5.89. The maximum absolute atomic E-state index is 13.8. The molecule has 1 aliphatic rings. The summed E-state index contributed by atoms with van der Waals surface area (Å²) in [6.07, 6.45) is -0.244. The number of rotatable bonds is 3. The Labute approximate surface area is 126 Å². The summed E-state index contributed by atoms with van der Waals surface area (Å²) in [6, 6.07) is 11.1. The minimum atomic E-state index is -1.17. The molecule has 0 saturated heterocycles. The van der Waals surface area contributed by atoms with E-state index in [1.54, 1.807) is 0 Å². The van der Waals surface area contributed by atoms with Crippen LogP contribution in [-0.2, 0) is 0 Å². The lowest BCUT2D eigenvalue weighted by Gasteiger charge is -2.36. The van der Waals surface area contributed by atoms with Crippen molar-refractivity contribution < 1.29 is 19.0 Å². The van der Waals surface area contributed by atoms with Crippen molar-refractivity contribution in [2.75, 3.05) is 18.0 Å². The molecule has 0 fully saturated rings. The van der Waals surface area contributed by atoms with Gasteiger partial charge in [0.25, 0.3) is 0 Å². The third kappa shape index (κ3) is 2.60. The molecule has 0 bridgehead atoms. The van der Waals surface area contributed by atoms with Crippen LogP contribution in [0.3, 0.4) is 0 Å². The lowest BCUT2D eigenvalue weighted by molar-refractivity contribution is 0.0696. The van der Waals surface area contributed by atoms with E-state index in [-0.39, 0.29) is 11.7 Å². The summed E-state index contributed by atoms with van der Waals surface area (Å²) < 4.78 is 19.5. The lowest BCUT2D eigenvalue weighted by atomic mass is 10.1. The van der Waals surface area contributed by atoms with Crippen LogP contribution in [0.4, 0.5) is 15.8 Å². The summed E-state index contributed by atoms with van der Waals surface area (Å²) in [5, 5.41) is 9.10. The van der Waals surface area contributed by atoms with E-state index >= 15 is 0 Å². The summed E-state index contributed by atoms with van der Waals surface area (Å²) in [5.41, 5.74) is 6.82. The highest BCUT2D eigenvalue weighted by atomic mass is 19.1. The number of anilines is 2. The van der Waals surface area contributed by atoms with Crippen LogP contribution in [0, 0.1) is 5.82 Å². The van der Waals surface area contributed by atoms with Gasteiger partial charge in [0.2, 0.25) is 0 Å². The molecule has 0 radical (unpaired) electrons. The normalized spacial score (nSPS) is 16.8. The number of nitrogens with zero attached hydrogens (tertiary/aromatic N) is 1. The number of carboxylic acid groups (broad SMARTS) is 1. The Hall–Kier alpha value is -2.60. The van der Waals surface area contributed by atoms with E-state index in [1.807, 2.05) is 29.2 Å². The first kappa shape index (κ1) is 14.3. The summed E-state index contributed by atoms with van der Waals surface area (Å²) in [4.78, 5) is 12.9. The van der Waals surface area contributed by atoms with Crippen LogP contribution in [0.5, 0.6) is 5.75 Å². The van der Waals surface area contributed by atoms with E-state index in [4.69, 9.17) is 15.6 Å². The molecule has 2 aromatic rings. The second-order valence-electron chi connectivity index (χ2n) is 5.06. The number of carbonyl (C=O) groups is 1. The fourth-order valence-corrected chi connectivity index (χ4v) is 2.52. The van der Waals surface area contributed by atoms with Gasteiger partial charge in [0.15, 0.2) is 0 Å². The van der Waals surface area contributed by atoms with Gasteiger partial charge in [0.1, 0.15) is 17.7 Å². The summed E-state index contributed by atoms with van der Waals surface area (Å²) in [7, 11) is 0. The van der Waals surface area contributed by atoms with E-state index in [0.29, 0.717) is 24.5 Å². The number of aromatic carboxylic acids is 1. The number of benzene rings is 2. The molecule has 1 atom stereocenters. The van der Waals surface area contributed by atoms with E-state index in [2.05, 4.69) is 0 Å². The van der Waals surface area contributed by atoms with Gasteiger partial charge < -0.3 is 20.5 Å². The number of hydrogen-bond acceptors (Lipinski definition) is 4. The minimum Gasteiger partial charge on any atom is -0.485 e. The van der Waals surface area contributed by atoms with Crippen LogP contribution in [0.15, 0.2) is 42.5 Å². The van der Waals surface area contributed by atoms with Gasteiger partial charge in [-0.2, -0.15) is 0 Å². The summed E-state index contributed by atoms with van der Waals surface area (Å²) in [5.74, 6) is -1.12. The fourth-order valence-electron chi connectivity index (χ4n) is 2.52. The largest absolute Gasteiger partial charge is 0.485 e. The highest BCUT2D eigenvalue weighted by Gasteiger charge is 2.26. The standard InChI is InChI=1S/C16H15FN2O3/c17-11-5-10(16(20)21)6-12(7-11)19-9-13(8-18)22-15-4-2-1-3-14(15)19/h1-7,13H,8-9,18H2,(H,20,21). The Kier molecular flexibility index (Phi) is 3.68. The number of halogens is 1. The molecule has 0 amide bonds. The van der Waals surface area contributed by atoms with E-state index in [1.165, 1.54) is 12.1 Å². The first-order valence-electron chi connectivity index (χ1n) is 6.85. The predicted molar refractivity (Wildman–Crippen MR) is 80.3 cm³/mol. The van der Waals surface area contributed by atoms with E-state index in [9.17, 15) is 9.18 Å². The average molecular weight is 302 g/mol. The van der Waals surface area contributed by atoms with Gasteiger partial charge >= 0.3 is 5.97 Å². The van der Waals surface area contributed by atoms with Crippen LogP contribution in [0.2, 0.25) is 0 Å². The van der Waals surface area contributed by atoms with Crippen LogP contribution >= 0.6 is 0 Å². The van der Waals surface area contributed by atoms with Crippen LogP contribution in [0.25, 0.3) is 0 Å². The first-order valence-corrected chi connectivity index (χ1v) is 6.85. The van der Waals surface area contributed by atoms with Crippen molar-refractivity contribution in [2.24, 2.45) is 5.73 Å². The molecule has 3 N–H and O–H groups in total. The van der Waals surface area contributed by atoms with Crippen molar-refractivity contribution in [3.63, 3.8) is 0 Å². The van der Waals surface area contributed by atoms with Gasteiger partial charge in [-0.05, 0) is 30.3 Å². The monoisotopic (exact) mass is 302 g/mol. The Morgan fingerprint density at radius 1 is 1.36 bits per heavy atom.